The molecule has 0 spiro atoms. The van der Waals surface area contributed by atoms with Crippen LogP contribution < -0.4 is 0 Å². The number of aromatic nitrogens is 2. The smallest absolute Gasteiger partial charge is 0.0451 e. The van der Waals surface area contributed by atoms with Gasteiger partial charge in [0, 0.05) is 24.8 Å². The Balaban J connectivity index is 0. The van der Waals surface area contributed by atoms with Crippen molar-refractivity contribution in [1.82, 2.24) is 9.97 Å². The normalized spacial score (nSPS) is 7.64. The van der Waals surface area contributed by atoms with Gasteiger partial charge in [0.05, 0.1) is 0 Å². The van der Waals surface area contributed by atoms with E-state index in [1.165, 1.54) is 0 Å². The van der Waals surface area contributed by atoms with E-state index in [0.717, 1.165) is 5.92 Å². The fourth-order valence-electron chi connectivity index (χ4n) is 0.253. The Hall–Kier alpha value is -0.920. The second kappa shape index (κ2) is 9.08. The molecule has 0 aliphatic carbocycles. The summed E-state index contributed by atoms with van der Waals surface area (Å²) in [5, 5.41) is 0. The van der Waals surface area contributed by atoms with Gasteiger partial charge in [0.2, 0.25) is 0 Å². The summed E-state index contributed by atoms with van der Waals surface area (Å²) in [7, 11) is 0. The van der Waals surface area contributed by atoms with Gasteiger partial charge in [-0.05, 0) is 5.92 Å². The van der Waals surface area contributed by atoms with Gasteiger partial charge >= 0.3 is 0 Å². The van der Waals surface area contributed by atoms with Crippen LogP contribution in [0.2, 0.25) is 0 Å². The predicted molar refractivity (Wildman–Crippen MR) is 49.3 cm³/mol. The topological polar surface area (TPSA) is 25.8 Å². The molecule has 0 amide bonds. The molecule has 0 unspecified atom stereocenters. The van der Waals surface area contributed by atoms with E-state index in [0.29, 0.717) is 0 Å². The van der Waals surface area contributed by atoms with Crippen molar-refractivity contribution in [3.63, 3.8) is 0 Å². The first-order valence-electron chi connectivity index (χ1n) is 3.43. The van der Waals surface area contributed by atoms with Crippen LogP contribution in [0.4, 0.5) is 0 Å². The average Bonchev–Trinajstić information content (AvgIpc) is 1.90. The lowest BCUT2D eigenvalue weighted by atomic mass is 10.3. The molecule has 1 rings (SSSR count). The molecule has 0 aromatic carbocycles. The van der Waals surface area contributed by atoms with E-state index in [1.54, 1.807) is 24.8 Å². The van der Waals surface area contributed by atoms with Gasteiger partial charge in [-0.1, -0.05) is 28.2 Å². The largest absolute Gasteiger partial charge is 0.262 e. The monoisotopic (exact) mass is 154 g/mol. The standard InChI is InChI=1S/C4H4N2.C4H10.CH4/c1-2-6-4-3-5-1;1-4(2)3;/h1-4H;4H,1-3H3;1H4. The third kappa shape index (κ3) is 17.6. The van der Waals surface area contributed by atoms with E-state index in [2.05, 4.69) is 30.7 Å². The SMILES string of the molecule is C.CC(C)C.c1cnccn1. The van der Waals surface area contributed by atoms with Gasteiger partial charge in [-0.3, -0.25) is 9.97 Å². The molecule has 0 aliphatic heterocycles. The van der Waals surface area contributed by atoms with E-state index < -0.39 is 0 Å². The summed E-state index contributed by atoms with van der Waals surface area (Å²) in [4.78, 5) is 7.44. The maximum absolute atomic E-state index is 3.72. The zero-order valence-electron chi connectivity index (χ0n) is 6.78. The summed E-state index contributed by atoms with van der Waals surface area (Å²) in [6.07, 6.45) is 6.56. The van der Waals surface area contributed by atoms with Crippen molar-refractivity contribution in [2.75, 3.05) is 0 Å². The summed E-state index contributed by atoms with van der Waals surface area (Å²) in [5.41, 5.74) is 0. The van der Waals surface area contributed by atoms with Crippen LogP contribution in [0.5, 0.6) is 0 Å². The third-order valence-electron chi connectivity index (χ3n) is 0.478. The first-order chi connectivity index (χ1) is 4.73. The van der Waals surface area contributed by atoms with Gasteiger partial charge in [0.1, 0.15) is 0 Å². The van der Waals surface area contributed by atoms with E-state index in [4.69, 9.17) is 0 Å². The lowest BCUT2D eigenvalue weighted by Crippen LogP contribution is -1.66. The van der Waals surface area contributed by atoms with Gasteiger partial charge in [0.25, 0.3) is 0 Å². The van der Waals surface area contributed by atoms with Crippen molar-refractivity contribution >= 4 is 0 Å². The maximum atomic E-state index is 3.72. The number of hydrogen-bond acceptors (Lipinski definition) is 2. The van der Waals surface area contributed by atoms with Gasteiger partial charge < -0.3 is 0 Å². The van der Waals surface area contributed by atoms with Crippen LogP contribution in [0.1, 0.15) is 28.2 Å². The Labute approximate surface area is 69.7 Å². The van der Waals surface area contributed by atoms with E-state index in [-0.39, 0.29) is 7.43 Å². The zero-order valence-corrected chi connectivity index (χ0v) is 6.78. The van der Waals surface area contributed by atoms with Crippen molar-refractivity contribution in [1.29, 1.82) is 0 Å². The van der Waals surface area contributed by atoms with Crippen molar-refractivity contribution in [3.8, 4) is 0 Å². The van der Waals surface area contributed by atoms with Crippen LogP contribution in [0, 0.1) is 5.92 Å². The molecule has 64 valence electrons. The highest BCUT2D eigenvalue weighted by Gasteiger charge is 1.68. The van der Waals surface area contributed by atoms with Crippen LogP contribution in [-0.2, 0) is 0 Å². The summed E-state index contributed by atoms with van der Waals surface area (Å²) in [5.74, 6) is 0.833. The molecule has 11 heavy (non-hydrogen) atoms. The Bertz CT molecular complexity index is 108. The molecule has 0 fully saturated rings. The molecule has 2 heteroatoms. The Morgan fingerprint density at radius 2 is 1.00 bits per heavy atom. The minimum atomic E-state index is 0. The molecule has 2 nitrogen and oxygen atoms in total. The molecule has 0 saturated heterocycles. The van der Waals surface area contributed by atoms with Crippen molar-refractivity contribution in [3.05, 3.63) is 24.8 Å². The zero-order chi connectivity index (χ0) is 7.82. The fourth-order valence-corrected chi connectivity index (χ4v) is 0.253. The molecule has 0 bridgehead atoms. The van der Waals surface area contributed by atoms with Gasteiger partial charge in [0.15, 0.2) is 0 Å². The van der Waals surface area contributed by atoms with Crippen molar-refractivity contribution < 1.29 is 0 Å². The van der Waals surface area contributed by atoms with Crippen LogP contribution in [0.25, 0.3) is 0 Å². The molecule has 0 radical (unpaired) electrons. The molecule has 1 heterocycles. The second-order valence-electron chi connectivity index (χ2n) is 2.63. The fraction of sp³-hybridized carbons (Fsp3) is 0.556. The quantitative estimate of drug-likeness (QED) is 0.574. The van der Waals surface area contributed by atoms with Crippen molar-refractivity contribution in [2.45, 2.75) is 28.2 Å². The molecule has 1 aromatic heterocycles. The van der Waals surface area contributed by atoms with E-state index >= 15 is 0 Å². The van der Waals surface area contributed by atoms with Gasteiger partial charge in [-0.25, -0.2) is 0 Å². The first-order valence-corrected chi connectivity index (χ1v) is 3.43. The second-order valence-corrected chi connectivity index (χ2v) is 2.63. The predicted octanol–water partition coefficient (Wildman–Crippen LogP) is 2.78. The summed E-state index contributed by atoms with van der Waals surface area (Å²) >= 11 is 0. The number of hydrogen-bond donors (Lipinski definition) is 0. The average molecular weight is 154 g/mol. The van der Waals surface area contributed by atoms with Crippen LogP contribution in [-0.4, -0.2) is 9.97 Å². The number of nitrogens with zero attached hydrogens (tertiary/aromatic N) is 2. The maximum Gasteiger partial charge on any atom is 0.0451 e. The van der Waals surface area contributed by atoms with Crippen LogP contribution >= 0.6 is 0 Å². The molecule has 1 aromatic rings. The minimum absolute atomic E-state index is 0. The summed E-state index contributed by atoms with van der Waals surface area (Å²) < 4.78 is 0. The molecule has 0 atom stereocenters. The van der Waals surface area contributed by atoms with Gasteiger partial charge in [-0.2, -0.15) is 0 Å². The Morgan fingerprint density at radius 3 is 1.09 bits per heavy atom. The molecular weight excluding hydrogens is 136 g/mol. The molecule has 0 aliphatic rings. The summed E-state index contributed by atoms with van der Waals surface area (Å²) in [6.45, 7) is 6.50. The van der Waals surface area contributed by atoms with Crippen LogP contribution in [0.3, 0.4) is 0 Å². The highest BCUT2D eigenvalue weighted by Crippen LogP contribution is 1.81. The Kier molecular flexibility index (Phi) is 10.5. The van der Waals surface area contributed by atoms with Crippen molar-refractivity contribution in [2.24, 2.45) is 5.92 Å². The third-order valence-corrected chi connectivity index (χ3v) is 0.478. The Morgan fingerprint density at radius 1 is 0.818 bits per heavy atom. The highest BCUT2D eigenvalue weighted by atomic mass is 14.7. The highest BCUT2D eigenvalue weighted by molar-refractivity contribution is 4.70. The van der Waals surface area contributed by atoms with Gasteiger partial charge in [-0.15, -0.1) is 0 Å². The first kappa shape index (κ1) is 12.7. The molecule has 0 N–H and O–H groups in total. The van der Waals surface area contributed by atoms with Crippen LogP contribution in [0.15, 0.2) is 24.8 Å². The number of rotatable bonds is 0. The minimum Gasteiger partial charge on any atom is -0.262 e. The lowest BCUT2D eigenvalue weighted by molar-refractivity contribution is 0.737. The van der Waals surface area contributed by atoms with E-state index in [9.17, 15) is 0 Å². The summed E-state index contributed by atoms with van der Waals surface area (Å²) in [6, 6.07) is 0. The molecular formula is C9H18N2. The lowest BCUT2D eigenvalue weighted by Gasteiger charge is -1.79. The molecule has 0 saturated carbocycles. The van der Waals surface area contributed by atoms with E-state index in [1.807, 2.05) is 0 Å².